The third-order valence-corrected chi connectivity index (χ3v) is 5.70. The van der Waals surface area contributed by atoms with Gasteiger partial charge in [0.1, 0.15) is 0 Å². The molecule has 0 amide bonds. The van der Waals surface area contributed by atoms with Gasteiger partial charge in [0, 0.05) is 17.4 Å². The maximum Gasteiger partial charge on any atom is 0.282 e. The Morgan fingerprint density at radius 1 is 1.43 bits per heavy atom. The quantitative estimate of drug-likeness (QED) is 0.653. The van der Waals surface area contributed by atoms with Crippen LogP contribution in [0.4, 0.5) is 5.69 Å². The van der Waals surface area contributed by atoms with E-state index in [0.717, 1.165) is 17.9 Å². The van der Waals surface area contributed by atoms with Crippen LogP contribution in [0.25, 0.3) is 0 Å². The molecule has 0 bridgehead atoms. The predicted molar refractivity (Wildman–Crippen MR) is 87.8 cm³/mol. The summed E-state index contributed by atoms with van der Waals surface area (Å²) in [5, 5.41) is 15.2. The van der Waals surface area contributed by atoms with Gasteiger partial charge in [0.05, 0.1) is 9.82 Å². The van der Waals surface area contributed by atoms with Crippen molar-refractivity contribution in [1.29, 1.82) is 0 Å². The fourth-order valence-corrected chi connectivity index (χ4v) is 4.84. The third kappa shape index (κ3) is 3.77. The molecule has 21 heavy (non-hydrogen) atoms. The van der Waals surface area contributed by atoms with E-state index < -0.39 is 0 Å². The van der Waals surface area contributed by atoms with Gasteiger partial charge in [-0.15, -0.1) is 11.8 Å². The molecule has 0 aliphatic heterocycles. The van der Waals surface area contributed by atoms with Crippen LogP contribution >= 0.6 is 11.8 Å². The number of benzene rings is 1. The van der Waals surface area contributed by atoms with Crippen molar-refractivity contribution in [1.82, 2.24) is 5.32 Å². The minimum Gasteiger partial charge on any atom is -0.313 e. The Bertz CT molecular complexity index is 505. The monoisotopic (exact) mass is 308 g/mol. The molecule has 0 aromatic heterocycles. The summed E-state index contributed by atoms with van der Waals surface area (Å²) < 4.78 is 0. The number of thioether (sulfide) groups is 1. The minimum atomic E-state index is -0.279. The van der Waals surface area contributed by atoms with Crippen molar-refractivity contribution in [3.05, 3.63) is 34.4 Å². The lowest BCUT2D eigenvalue weighted by Crippen LogP contribution is -2.51. The molecule has 1 aromatic carbocycles. The van der Waals surface area contributed by atoms with Crippen LogP contribution in [0.1, 0.15) is 40.0 Å². The molecule has 1 aliphatic carbocycles. The van der Waals surface area contributed by atoms with Crippen molar-refractivity contribution in [2.24, 2.45) is 5.41 Å². The smallest absolute Gasteiger partial charge is 0.282 e. The molecule has 2 unspecified atom stereocenters. The number of rotatable bonds is 5. The van der Waals surface area contributed by atoms with Gasteiger partial charge in [-0.05, 0) is 30.9 Å². The van der Waals surface area contributed by atoms with Crippen LogP contribution in [0.2, 0.25) is 0 Å². The molecule has 5 heteroatoms. The summed E-state index contributed by atoms with van der Waals surface area (Å²) in [6.07, 6.45) is 3.50. The first kappa shape index (κ1) is 16.3. The van der Waals surface area contributed by atoms with Crippen LogP contribution in [0.3, 0.4) is 0 Å². The van der Waals surface area contributed by atoms with Crippen LogP contribution in [-0.4, -0.2) is 22.8 Å². The van der Waals surface area contributed by atoms with E-state index in [4.69, 9.17) is 0 Å². The minimum absolute atomic E-state index is 0.223. The molecule has 1 aromatic rings. The summed E-state index contributed by atoms with van der Waals surface area (Å²) in [5.74, 6) is 0. The van der Waals surface area contributed by atoms with Gasteiger partial charge in [0.15, 0.2) is 0 Å². The van der Waals surface area contributed by atoms with Gasteiger partial charge in [-0.3, -0.25) is 10.1 Å². The summed E-state index contributed by atoms with van der Waals surface area (Å²) in [6.45, 7) is 7.65. The number of hydrogen-bond acceptors (Lipinski definition) is 4. The number of nitro benzene ring substituents is 1. The average molecular weight is 308 g/mol. The predicted octanol–water partition coefficient (Wildman–Crippen LogP) is 4.24. The second-order valence-corrected chi connectivity index (χ2v) is 7.58. The summed E-state index contributed by atoms with van der Waals surface area (Å²) in [7, 11) is 0. The van der Waals surface area contributed by atoms with Crippen LogP contribution in [-0.2, 0) is 0 Å². The van der Waals surface area contributed by atoms with Crippen molar-refractivity contribution in [2.45, 2.75) is 56.2 Å². The first-order valence-corrected chi connectivity index (χ1v) is 8.47. The fraction of sp³-hybridized carbons (Fsp3) is 0.625. The second-order valence-electron chi connectivity index (χ2n) is 6.30. The highest BCUT2D eigenvalue weighted by Gasteiger charge is 2.39. The van der Waals surface area contributed by atoms with Gasteiger partial charge >= 0.3 is 0 Å². The molecular weight excluding hydrogens is 284 g/mol. The number of para-hydroxylation sites is 1. The Labute approximate surface area is 130 Å². The number of nitro groups is 1. The molecule has 0 saturated heterocycles. The van der Waals surface area contributed by atoms with Gasteiger partial charge in [-0.2, -0.15) is 0 Å². The molecule has 4 nitrogen and oxygen atoms in total. The number of nitrogens with one attached hydrogen (secondary N) is 1. The maximum atomic E-state index is 11.2. The van der Waals surface area contributed by atoms with Gasteiger partial charge < -0.3 is 5.32 Å². The maximum absolute atomic E-state index is 11.2. The van der Waals surface area contributed by atoms with Gasteiger partial charge in [-0.25, -0.2) is 0 Å². The lowest BCUT2D eigenvalue weighted by atomic mass is 9.73. The lowest BCUT2D eigenvalue weighted by Gasteiger charge is -2.44. The van der Waals surface area contributed by atoms with E-state index in [1.807, 2.05) is 12.1 Å². The average Bonchev–Trinajstić information content (AvgIpc) is 2.43. The van der Waals surface area contributed by atoms with Crippen molar-refractivity contribution < 1.29 is 4.92 Å². The van der Waals surface area contributed by atoms with Gasteiger partial charge in [-0.1, -0.05) is 39.3 Å². The summed E-state index contributed by atoms with van der Waals surface area (Å²) >= 11 is 1.67. The largest absolute Gasteiger partial charge is 0.313 e. The Morgan fingerprint density at radius 3 is 2.81 bits per heavy atom. The van der Waals surface area contributed by atoms with E-state index in [2.05, 4.69) is 26.1 Å². The highest BCUT2D eigenvalue weighted by atomic mass is 32.2. The SMILES string of the molecule is CCNC1C(Sc2ccccc2[N+](=O)[O-])CCCC1(C)C. The van der Waals surface area contributed by atoms with E-state index in [0.29, 0.717) is 11.3 Å². The molecule has 116 valence electrons. The molecule has 2 rings (SSSR count). The highest BCUT2D eigenvalue weighted by molar-refractivity contribution is 8.00. The summed E-state index contributed by atoms with van der Waals surface area (Å²) in [6, 6.07) is 7.47. The Kier molecular flexibility index (Phi) is 5.27. The fourth-order valence-electron chi connectivity index (χ4n) is 3.21. The molecule has 1 aliphatic rings. The van der Waals surface area contributed by atoms with Crippen LogP contribution in [0, 0.1) is 15.5 Å². The zero-order valence-corrected chi connectivity index (χ0v) is 13.8. The van der Waals surface area contributed by atoms with Crippen molar-refractivity contribution in [3.63, 3.8) is 0 Å². The summed E-state index contributed by atoms with van der Waals surface area (Å²) in [4.78, 5) is 11.7. The topological polar surface area (TPSA) is 55.2 Å². The molecule has 1 N–H and O–H groups in total. The highest BCUT2D eigenvalue weighted by Crippen LogP contribution is 2.44. The first-order valence-electron chi connectivity index (χ1n) is 7.59. The number of hydrogen-bond donors (Lipinski definition) is 1. The normalized spacial score (nSPS) is 24.7. The summed E-state index contributed by atoms with van der Waals surface area (Å²) in [5.41, 5.74) is 0.455. The van der Waals surface area contributed by atoms with E-state index in [9.17, 15) is 10.1 Å². The van der Waals surface area contributed by atoms with Crippen LogP contribution < -0.4 is 5.32 Å². The lowest BCUT2D eigenvalue weighted by molar-refractivity contribution is -0.387. The van der Waals surface area contributed by atoms with E-state index in [-0.39, 0.29) is 16.0 Å². The second kappa shape index (κ2) is 6.79. The Balaban J connectivity index is 2.22. The molecule has 2 atom stereocenters. The third-order valence-electron chi connectivity index (χ3n) is 4.29. The van der Waals surface area contributed by atoms with Crippen LogP contribution in [0.15, 0.2) is 29.2 Å². The molecule has 1 fully saturated rings. The van der Waals surface area contributed by atoms with Crippen molar-refractivity contribution in [3.8, 4) is 0 Å². The van der Waals surface area contributed by atoms with Gasteiger partial charge in [0.2, 0.25) is 0 Å². The van der Waals surface area contributed by atoms with Crippen LogP contribution in [0.5, 0.6) is 0 Å². The molecule has 0 spiro atoms. The number of nitrogens with zero attached hydrogens (tertiary/aromatic N) is 1. The Morgan fingerprint density at radius 2 is 2.14 bits per heavy atom. The van der Waals surface area contributed by atoms with Crippen molar-refractivity contribution >= 4 is 17.4 Å². The first-order chi connectivity index (χ1) is 9.95. The van der Waals surface area contributed by atoms with Crippen molar-refractivity contribution in [2.75, 3.05) is 6.54 Å². The molecule has 1 saturated carbocycles. The van der Waals surface area contributed by atoms with E-state index in [1.54, 1.807) is 23.9 Å². The Hall–Kier alpha value is -1.07. The molecular formula is C16H24N2O2S. The standard InChI is InChI=1S/C16H24N2O2S/c1-4-17-15-14(10-7-11-16(15,2)3)21-13-9-6-5-8-12(13)18(19)20/h5-6,8-9,14-15,17H,4,7,10-11H2,1-3H3. The zero-order chi connectivity index (χ0) is 15.5. The van der Waals surface area contributed by atoms with E-state index in [1.165, 1.54) is 12.8 Å². The molecule has 0 heterocycles. The van der Waals surface area contributed by atoms with Gasteiger partial charge in [0.25, 0.3) is 5.69 Å². The molecule has 0 radical (unpaired) electrons. The van der Waals surface area contributed by atoms with E-state index >= 15 is 0 Å². The zero-order valence-electron chi connectivity index (χ0n) is 13.0.